The number of anilines is 1. The van der Waals surface area contributed by atoms with Gasteiger partial charge in [0.2, 0.25) is 10.0 Å². The van der Waals surface area contributed by atoms with Gasteiger partial charge >= 0.3 is 0 Å². The SMILES string of the molecule is CN(C)S(=O)(=O)c1ccc(N)c(Oc2cccc(F)c2)c1. The normalized spacial score (nSPS) is 11.6. The lowest BCUT2D eigenvalue weighted by Crippen LogP contribution is -2.22. The van der Waals surface area contributed by atoms with Crippen LogP contribution in [-0.4, -0.2) is 26.8 Å². The lowest BCUT2D eigenvalue weighted by Gasteiger charge is -2.14. The summed E-state index contributed by atoms with van der Waals surface area (Å²) < 4.78 is 43.8. The van der Waals surface area contributed by atoms with Crippen LogP contribution in [0.4, 0.5) is 10.1 Å². The zero-order valence-electron chi connectivity index (χ0n) is 11.6. The van der Waals surface area contributed by atoms with E-state index in [1.807, 2.05) is 0 Å². The first-order valence-corrected chi connectivity index (χ1v) is 7.50. The van der Waals surface area contributed by atoms with Crippen LogP contribution >= 0.6 is 0 Å². The fraction of sp³-hybridized carbons (Fsp3) is 0.143. The Hall–Kier alpha value is -2.12. The topological polar surface area (TPSA) is 72.6 Å². The molecule has 0 aliphatic carbocycles. The van der Waals surface area contributed by atoms with Gasteiger partial charge in [0.1, 0.15) is 11.6 Å². The minimum absolute atomic E-state index is 0.0492. The zero-order chi connectivity index (χ0) is 15.6. The Kier molecular flexibility index (Phi) is 4.15. The van der Waals surface area contributed by atoms with Gasteiger partial charge in [0, 0.05) is 26.2 Å². The fourth-order valence-corrected chi connectivity index (χ4v) is 2.55. The molecule has 0 aliphatic rings. The Morgan fingerprint density at radius 1 is 1.14 bits per heavy atom. The summed E-state index contributed by atoms with van der Waals surface area (Å²) in [7, 11) is -0.734. The van der Waals surface area contributed by atoms with E-state index < -0.39 is 15.8 Å². The molecule has 2 rings (SSSR count). The van der Waals surface area contributed by atoms with Gasteiger partial charge in [-0.25, -0.2) is 17.1 Å². The van der Waals surface area contributed by atoms with E-state index in [0.717, 1.165) is 4.31 Å². The third-order valence-corrected chi connectivity index (χ3v) is 4.60. The third kappa shape index (κ3) is 3.32. The minimum Gasteiger partial charge on any atom is -0.455 e. The molecule has 7 heteroatoms. The molecular weight excluding hydrogens is 295 g/mol. The molecule has 2 aromatic carbocycles. The molecule has 0 heterocycles. The number of rotatable bonds is 4. The van der Waals surface area contributed by atoms with Crippen molar-refractivity contribution >= 4 is 15.7 Å². The highest BCUT2D eigenvalue weighted by atomic mass is 32.2. The van der Waals surface area contributed by atoms with Crippen molar-refractivity contribution in [2.24, 2.45) is 0 Å². The van der Waals surface area contributed by atoms with Crippen molar-refractivity contribution in [3.63, 3.8) is 0 Å². The monoisotopic (exact) mass is 310 g/mol. The van der Waals surface area contributed by atoms with Crippen LogP contribution in [0.25, 0.3) is 0 Å². The first-order valence-electron chi connectivity index (χ1n) is 6.06. The summed E-state index contributed by atoms with van der Waals surface area (Å²) in [6.45, 7) is 0. The highest BCUT2D eigenvalue weighted by molar-refractivity contribution is 7.89. The summed E-state index contributed by atoms with van der Waals surface area (Å²) in [5.41, 5.74) is 6.03. The van der Waals surface area contributed by atoms with Crippen molar-refractivity contribution in [1.29, 1.82) is 0 Å². The van der Waals surface area contributed by atoms with Crippen molar-refractivity contribution < 1.29 is 17.5 Å². The largest absolute Gasteiger partial charge is 0.455 e. The molecule has 21 heavy (non-hydrogen) atoms. The molecule has 2 aromatic rings. The van der Waals surface area contributed by atoms with Crippen LogP contribution in [0, 0.1) is 5.82 Å². The number of nitrogen functional groups attached to an aromatic ring is 1. The first-order chi connectivity index (χ1) is 9.80. The number of halogens is 1. The third-order valence-electron chi connectivity index (χ3n) is 2.79. The first kappa shape index (κ1) is 15.3. The molecule has 0 saturated heterocycles. The van der Waals surface area contributed by atoms with Crippen LogP contribution in [0.1, 0.15) is 0 Å². The molecule has 0 radical (unpaired) electrons. The Bertz CT molecular complexity index is 761. The van der Waals surface area contributed by atoms with Gasteiger partial charge in [0.25, 0.3) is 0 Å². The highest BCUT2D eigenvalue weighted by Gasteiger charge is 2.19. The minimum atomic E-state index is -3.59. The Balaban J connectivity index is 2.41. The quantitative estimate of drug-likeness (QED) is 0.880. The number of ether oxygens (including phenoxy) is 1. The predicted octanol–water partition coefficient (Wildman–Crippen LogP) is 2.45. The average Bonchev–Trinajstić information content (AvgIpc) is 2.41. The van der Waals surface area contributed by atoms with Crippen LogP contribution in [0.5, 0.6) is 11.5 Å². The van der Waals surface area contributed by atoms with Crippen molar-refractivity contribution in [2.75, 3.05) is 19.8 Å². The number of nitrogens with two attached hydrogens (primary N) is 1. The standard InChI is InChI=1S/C14H15FN2O3S/c1-17(2)21(18,19)12-6-7-13(16)14(9-12)20-11-5-3-4-10(15)8-11/h3-9H,16H2,1-2H3. The molecule has 2 N–H and O–H groups in total. The summed E-state index contributed by atoms with van der Waals surface area (Å²) in [5, 5.41) is 0. The molecule has 0 amide bonds. The molecule has 0 saturated carbocycles. The van der Waals surface area contributed by atoms with Crippen LogP contribution in [0.15, 0.2) is 47.4 Å². The molecule has 0 aliphatic heterocycles. The van der Waals surface area contributed by atoms with Crippen LogP contribution in [-0.2, 0) is 10.0 Å². The summed E-state index contributed by atoms with van der Waals surface area (Å²) in [6, 6.07) is 9.65. The molecule has 0 spiro atoms. The highest BCUT2D eigenvalue weighted by Crippen LogP contribution is 2.30. The smallest absolute Gasteiger partial charge is 0.242 e. The van der Waals surface area contributed by atoms with Crippen LogP contribution in [0.3, 0.4) is 0 Å². The van der Waals surface area contributed by atoms with Crippen molar-refractivity contribution in [1.82, 2.24) is 4.31 Å². The maximum Gasteiger partial charge on any atom is 0.242 e. The van der Waals surface area contributed by atoms with E-state index in [1.54, 1.807) is 6.07 Å². The van der Waals surface area contributed by atoms with Crippen molar-refractivity contribution in [2.45, 2.75) is 4.90 Å². The van der Waals surface area contributed by atoms with Gasteiger partial charge in [-0.2, -0.15) is 0 Å². The van der Waals surface area contributed by atoms with E-state index in [9.17, 15) is 12.8 Å². The van der Waals surface area contributed by atoms with Gasteiger partial charge in [-0.3, -0.25) is 0 Å². The second-order valence-corrected chi connectivity index (χ2v) is 6.70. The number of nitrogens with zero attached hydrogens (tertiary/aromatic N) is 1. The lowest BCUT2D eigenvalue weighted by molar-refractivity contribution is 0.476. The predicted molar refractivity (Wildman–Crippen MR) is 78.2 cm³/mol. The number of hydrogen-bond acceptors (Lipinski definition) is 4. The Labute approximate surface area is 122 Å². The fourth-order valence-electron chi connectivity index (χ4n) is 1.63. The summed E-state index contributed by atoms with van der Waals surface area (Å²) in [5.74, 6) is -0.0623. The molecule has 5 nitrogen and oxygen atoms in total. The second kappa shape index (κ2) is 5.71. The molecule has 0 unspecified atom stereocenters. The molecule has 0 fully saturated rings. The van der Waals surface area contributed by atoms with Crippen LogP contribution in [0.2, 0.25) is 0 Å². The molecule has 0 bridgehead atoms. The summed E-state index contributed by atoms with van der Waals surface area (Å²) in [6.07, 6.45) is 0. The maximum absolute atomic E-state index is 13.1. The Morgan fingerprint density at radius 3 is 2.48 bits per heavy atom. The zero-order valence-corrected chi connectivity index (χ0v) is 12.4. The van der Waals surface area contributed by atoms with Gasteiger partial charge < -0.3 is 10.5 Å². The molecule has 0 aromatic heterocycles. The lowest BCUT2D eigenvalue weighted by atomic mass is 10.3. The number of hydrogen-bond donors (Lipinski definition) is 1. The van der Waals surface area contributed by atoms with E-state index >= 15 is 0 Å². The van der Waals surface area contributed by atoms with Gasteiger partial charge in [0.05, 0.1) is 10.6 Å². The van der Waals surface area contributed by atoms with Crippen molar-refractivity contribution in [3.05, 3.63) is 48.3 Å². The average molecular weight is 310 g/mol. The summed E-state index contributed by atoms with van der Waals surface area (Å²) >= 11 is 0. The van der Waals surface area contributed by atoms with Gasteiger partial charge in [0.15, 0.2) is 5.75 Å². The molecule has 0 atom stereocenters. The van der Waals surface area contributed by atoms with Crippen LogP contribution < -0.4 is 10.5 Å². The van der Waals surface area contributed by atoms with Gasteiger partial charge in [-0.1, -0.05) is 6.07 Å². The van der Waals surface area contributed by atoms with Gasteiger partial charge in [-0.05, 0) is 24.3 Å². The maximum atomic E-state index is 13.1. The van der Waals surface area contributed by atoms with Crippen molar-refractivity contribution in [3.8, 4) is 11.5 Å². The van der Waals surface area contributed by atoms with E-state index in [4.69, 9.17) is 10.5 Å². The summed E-state index contributed by atoms with van der Waals surface area (Å²) in [4.78, 5) is 0.0492. The molecular formula is C14H15FN2O3S. The van der Waals surface area contributed by atoms with E-state index in [1.165, 1.54) is 50.5 Å². The van der Waals surface area contributed by atoms with E-state index in [-0.39, 0.29) is 22.1 Å². The Morgan fingerprint density at radius 2 is 1.86 bits per heavy atom. The second-order valence-electron chi connectivity index (χ2n) is 4.55. The van der Waals surface area contributed by atoms with E-state index in [2.05, 4.69) is 0 Å². The van der Waals surface area contributed by atoms with E-state index in [0.29, 0.717) is 0 Å². The number of sulfonamides is 1. The van der Waals surface area contributed by atoms with Gasteiger partial charge in [-0.15, -0.1) is 0 Å². The molecule has 112 valence electrons. The number of benzene rings is 2.